The number of hydrogen-bond donors (Lipinski definition) is 0. The molecule has 0 aromatic rings. The smallest absolute Gasteiger partial charge is 0.0547 e. The first kappa shape index (κ1) is 28.4. The van der Waals surface area contributed by atoms with Crippen LogP contribution in [0.1, 0.15) is 94.4 Å². The van der Waals surface area contributed by atoms with Gasteiger partial charge in [0.15, 0.2) is 0 Å². The van der Waals surface area contributed by atoms with Crippen LogP contribution in [0.4, 0.5) is 0 Å². The highest BCUT2D eigenvalue weighted by Gasteiger charge is 2.08. The van der Waals surface area contributed by atoms with Crippen molar-refractivity contribution in [3.63, 3.8) is 0 Å². The second kappa shape index (κ2) is 24.8. The van der Waals surface area contributed by atoms with Gasteiger partial charge < -0.3 is 9.47 Å². The minimum absolute atomic E-state index is 0.546. The van der Waals surface area contributed by atoms with Gasteiger partial charge in [0, 0.05) is 25.9 Å². The van der Waals surface area contributed by atoms with Crippen LogP contribution in [0.3, 0.4) is 0 Å². The third-order valence-electron chi connectivity index (χ3n) is 3.39. The first-order chi connectivity index (χ1) is 11.7. The van der Waals surface area contributed by atoms with E-state index in [4.69, 9.17) is 9.47 Å². The third-order valence-corrected chi connectivity index (χ3v) is 3.39. The van der Waals surface area contributed by atoms with Gasteiger partial charge in [0.25, 0.3) is 0 Å². The maximum atomic E-state index is 5.15. The van der Waals surface area contributed by atoms with Crippen LogP contribution in [0.5, 0.6) is 0 Å². The van der Waals surface area contributed by atoms with E-state index in [-0.39, 0.29) is 0 Å². The standard InChI is InChI=1S/C5H9N.2C5H10O.3C2H6/c1-5-3-2-4-6-5;1-5-2-3-6-4-5;1-5-3-2-4-6-5;3*1-2/h4-5H,2-3H2,1H3;2*5H,2-4H2,1H3;3*1-2H3. The molecule has 3 nitrogen and oxygen atoms in total. The molecule has 0 aromatic heterocycles. The summed E-state index contributed by atoms with van der Waals surface area (Å²) in [5.41, 5.74) is 0. The lowest BCUT2D eigenvalue weighted by Crippen LogP contribution is -1.94. The summed E-state index contributed by atoms with van der Waals surface area (Å²) >= 11 is 0. The van der Waals surface area contributed by atoms with Gasteiger partial charge in [-0.1, -0.05) is 48.5 Å². The molecule has 3 heterocycles. The van der Waals surface area contributed by atoms with Crippen molar-refractivity contribution < 1.29 is 9.47 Å². The summed E-state index contributed by atoms with van der Waals surface area (Å²) < 4.78 is 10.2. The number of ether oxygens (including phenoxy) is 2. The molecular formula is C21H47NO2. The van der Waals surface area contributed by atoms with Crippen molar-refractivity contribution in [1.29, 1.82) is 0 Å². The molecule has 148 valence electrons. The fraction of sp³-hybridized carbons (Fsp3) is 0.952. The van der Waals surface area contributed by atoms with E-state index in [0.717, 1.165) is 25.7 Å². The minimum Gasteiger partial charge on any atom is -0.381 e. The van der Waals surface area contributed by atoms with Crippen LogP contribution < -0.4 is 0 Å². The topological polar surface area (TPSA) is 30.8 Å². The summed E-state index contributed by atoms with van der Waals surface area (Å²) in [6, 6.07) is 0.616. The molecule has 3 aliphatic heterocycles. The van der Waals surface area contributed by atoms with Gasteiger partial charge in [0.2, 0.25) is 0 Å². The summed E-state index contributed by atoms with van der Waals surface area (Å²) in [4.78, 5) is 4.11. The number of rotatable bonds is 0. The van der Waals surface area contributed by atoms with Crippen molar-refractivity contribution in [2.45, 2.75) is 107 Å². The SMILES string of the molecule is CC.CC.CC.CC1CCC=N1.CC1CCCO1.CC1CCOC1. The van der Waals surface area contributed by atoms with Gasteiger partial charge in [-0.25, -0.2) is 0 Å². The summed E-state index contributed by atoms with van der Waals surface area (Å²) in [6.45, 7) is 21.4. The third kappa shape index (κ3) is 21.6. The Kier molecular flexibility index (Phi) is 29.4. The molecule has 0 spiro atoms. The van der Waals surface area contributed by atoms with E-state index >= 15 is 0 Å². The van der Waals surface area contributed by atoms with Gasteiger partial charge in [-0.15, -0.1) is 0 Å². The van der Waals surface area contributed by atoms with Gasteiger partial charge in [-0.05, 0) is 58.1 Å². The van der Waals surface area contributed by atoms with E-state index in [1.165, 1.54) is 32.1 Å². The van der Waals surface area contributed by atoms with E-state index in [2.05, 4.69) is 25.8 Å². The van der Waals surface area contributed by atoms with Crippen LogP contribution in [0.2, 0.25) is 0 Å². The van der Waals surface area contributed by atoms with Crippen LogP contribution in [0, 0.1) is 5.92 Å². The molecule has 2 saturated heterocycles. The molecule has 0 aromatic carbocycles. The largest absolute Gasteiger partial charge is 0.381 e. The van der Waals surface area contributed by atoms with E-state index < -0.39 is 0 Å². The minimum atomic E-state index is 0.546. The molecule has 0 bridgehead atoms. The van der Waals surface area contributed by atoms with Crippen LogP contribution in [-0.2, 0) is 9.47 Å². The quantitative estimate of drug-likeness (QED) is 0.498. The molecule has 0 N–H and O–H groups in total. The fourth-order valence-corrected chi connectivity index (χ4v) is 2.04. The number of aliphatic imine (C=N–C) groups is 1. The van der Waals surface area contributed by atoms with Gasteiger partial charge in [0.05, 0.1) is 6.10 Å². The lowest BCUT2D eigenvalue weighted by atomic mass is 10.2. The van der Waals surface area contributed by atoms with Gasteiger partial charge in [-0.2, -0.15) is 0 Å². The Labute approximate surface area is 153 Å². The first-order valence-corrected chi connectivity index (χ1v) is 10.4. The van der Waals surface area contributed by atoms with Crippen molar-refractivity contribution in [2.24, 2.45) is 10.9 Å². The monoisotopic (exact) mass is 345 g/mol. The predicted octanol–water partition coefficient (Wildman–Crippen LogP) is 6.55. The highest BCUT2D eigenvalue weighted by Crippen LogP contribution is 2.09. The second-order valence-electron chi connectivity index (χ2n) is 5.55. The normalized spacial score (nSPS) is 26.0. The molecule has 3 atom stereocenters. The van der Waals surface area contributed by atoms with E-state index in [1.807, 2.05) is 47.8 Å². The summed E-state index contributed by atoms with van der Waals surface area (Å²) in [5, 5.41) is 0. The highest BCUT2D eigenvalue weighted by atomic mass is 16.5. The number of hydrogen-bond acceptors (Lipinski definition) is 3. The Balaban J connectivity index is -0.000000239. The maximum Gasteiger partial charge on any atom is 0.0547 e. The van der Waals surface area contributed by atoms with E-state index in [0.29, 0.717) is 12.1 Å². The van der Waals surface area contributed by atoms with Gasteiger partial charge >= 0.3 is 0 Å². The molecule has 3 rings (SSSR count). The molecule has 0 saturated carbocycles. The maximum absolute atomic E-state index is 5.15. The summed E-state index contributed by atoms with van der Waals surface area (Å²) in [7, 11) is 0. The van der Waals surface area contributed by atoms with Crippen LogP contribution in [0.15, 0.2) is 4.99 Å². The van der Waals surface area contributed by atoms with Crippen LogP contribution in [-0.4, -0.2) is 38.2 Å². The Bertz CT molecular complexity index is 206. The lowest BCUT2D eigenvalue weighted by molar-refractivity contribution is 0.125. The van der Waals surface area contributed by atoms with Crippen LogP contribution in [0.25, 0.3) is 0 Å². The lowest BCUT2D eigenvalue weighted by Gasteiger charge is -1.94. The van der Waals surface area contributed by atoms with Crippen molar-refractivity contribution in [2.75, 3.05) is 19.8 Å². The van der Waals surface area contributed by atoms with Crippen molar-refractivity contribution in [3.8, 4) is 0 Å². The van der Waals surface area contributed by atoms with Crippen molar-refractivity contribution >= 4 is 6.21 Å². The van der Waals surface area contributed by atoms with Crippen molar-refractivity contribution in [1.82, 2.24) is 0 Å². The van der Waals surface area contributed by atoms with Gasteiger partial charge in [-0.3, -0.25) is 4.99 Å². The molecule has 2 fully saturated rings. The molecule has 0 amide bonds. The molecule has 0 radical (unpaired) electrons. The van der Waals surface area contributed by atoms with E-state index in [9.17, 15) is 0 Å². The number of nitrogens with zero attached hydrogens (tertiary/aromatic N) is 1. The van der Waals surface area contributed by atoms with Crippen LogP contribution >= 0.6 is 0 Å². The average Bonchev–Trinajstić information content (AvgIpc) is 3.40. The zero-order valence-electron chi connectivity index (χ0n) is 18.2. The molecule has 24 heavy (non-hydrogen) atoms. The summed E-state index contributed by atoms with van der Waals surface area (Å²) in [5.74, 6) is 0.824. The zero-order chi connectivity index (χ0) is 19.2. The molecule has 3 heteroatoms. The Hall–Kier alpha value is -0.410. The fourth-order valence-electron chi connectivity index (χ4n) is 2.04. The molecule has 3 unspecified atom stereocenters. The zero-order valence-corrected chi connectivity index (χ0v) is 18.2. The Morgan fingerprint density at radius 1 is 0.833 bits per heavy atom. The average molecular weight is 346 g/mol. The molecule has 3 aliphatic rings. The Morgan fingerprint density at radius 2 is 1.46 bits per heavy atom. The van der Waals surface area contributed by atoms with Crippen molar-refractivity contribution in [3.05, 3.63) is 0 Å². The van der Waals surface area contributed by atoms with E-state index in [1.54, 1.807) is 0 Å². The molecular weight excluding hydrogens is 298 g/mol. The second-order valence-corrected chi connectivity index (χ2v) is 5.55. The first-order valence-electron chi connectivity index (χ1n) is 10.4. The predicted molar refractivity (Wildman–Crippen MR) is 110 cm³/mol. The Morgan fingerprint density at radius 3 is 1.58 bits per heavy atom. The van der Waals surface area contributed by atoms with Gasteiger partial charge in [0.1, 0.15) is 0 Å². The molecule has 0 aliphatic carbocycles. The summed E-state index contributed by atoms with van der Waals surface area (Å²) in [6.07, 6.45) is 8.80. The highest BCUT2D eigenvalue weighted by molar-refractivity contribution is 5.59.